The highest BCUT2D eigenvalue weighted by Gasteiger charge is 2.51. The standard InChI is InChI=1S/C10H17N3O/c1-6(2)11-9-12-8(14)10(3,13-9)7-4-5-7/h6-7H,4-5H2,1-3H3,(H2,11,12,13,14). The van der Waals surface area contributed by atoms with Crippen molar-refractivity contribution in [3.63, 3.8) is 0 Å². The van der Waals surface area contributed by atoms with Gasteiger partial charge in [-0.3, -0.25) is 15.1 Å². The number of nitrogens with one attached hydrogen (secondary N) is 2. The molecule has 1 unspecified atom stereocenters. The lowest BCUT2D eigenvalue weighted by atomic mass is 9.97. The van der Waals surface area contributed by atoms with Crippen LogP contribution in [0.25, 0.3) is 0 Å². The van der Waals surface area contributed by atoms with Gasteiger partial charge in [-0.15, -0.1) is 0 Å². The molecule has 4 nitrogen and oxygen atoms in total. The van der Waals surface area contributed by atoms with E-state index < -0.39 is 5.54 Å². The van der Waals surface area contributed by atoms with Crippen LogP contribution in [0.4, 0.5) is 0 Å². The lowest BCUT2D eigenvalue weighted by molar-refractivity contribution is -0.124. The molecule has 0 aromatic rings. The Morgan fingerprint density at radius 2 is 2.14 bits per heavy atom. The SMILES string of the molecule is CC(C)N=C1NC(=O)C(C)(C2CC2)N1. The van der Waals surface area contributed by atoms with Gasteiger partial charge in [0.1, 0.15) is 5.54 Å². The lowest BCUT2D eigenvalue weighted by Gasteiger charge is -2.19. The van der Waals surface area contributed by atoms with Crippen LogP contribution in [0.1, 0.15) is 33.6 Å². The van der Waals surface area contributed by atoms with Crippen LogP contribution >= 0.6 is 0 Å². The predicted octanol–water partition coefficient (Wildman–Crippen LogP) is 0.639. The van der Waals surface area contributed by atoms with Crippen LogP contribution < -0.4 is 10.6 Å². The van der Waals surface area contributed by atoms with Crippen molar-refractivity contribution < 1.29 is 4.79 Å². The molecule has 0 bridgehead atoms. The summed E-state index contributed by atoms with van der Waals surface area (Å²) in [6, 6.07) is 0.208. The molecule has 1 aliphatic heterocycles. The second-order valence-corrected chi connectivity index (χ2v) is 4.63. The highest BCUT2D eigenvalue weighted by Crippen LogP contribution is 2.40. The molecule has 4 heteroatoms. The maximum Gasteiger partial charge on any atom is 0.252 e. The third-order valence-electron chi connectivity index (χ3n) is 2.86. The number of guanidine groups is 1. The van der Waals surface area contributed by atoms with Gasteiger partial charge in [-0.2, -0.15) is 0 Å². The highest BCUT2D eigenvalue weighted by molar-refractivity contribution is 6.09. The molecule has 0 radical (unpaired) electrons. The third kappa shape index (κ3) is 1.49. The summed E-state index contributed by atoms with van der Waals surface area (Å²) in [4.78, 5) is 16.0. The average Bonchev–Trinajstić information content (AvgIpc) is 2.80. The monoisotopic (exact) mass is 195 g/mol. The number of hydrogen-bond donors (Lipinski definition) is 2. The zero-order chi connectivity index (χ0) is 10.3. The van der Waals surface area contributed by atoms with E-state index in [0.717, 1.165) is 12.8 Å². The minimum Gasteiger partial charge on any atom is -0.342 e. The molecule has 0 spiro atoms. The molecule has 2 N–H and O–H groups in total. The van der Waals surface area contributed by atoms with Gasteiger partial charge < -0.3 is 5.32 Å². The fraction of sp³-hybridized carbons (Fsp3) is 0.800. The van der Waals surface area contributed by atoms with Gasteiger partial charge in [-0.25, -0.2) is 0 Å². The Bertz CT molecular complexity index is 294. The predicted molar refractivity (Wildman–Crippen MR) is 55.0 cm³/mol. The maximum absolute atomic E-state index is 11.7. The smallest absolute Gasteiger partial charge is 0.252 e. The van der Waals surface area contributed by atoms with Gasteiger partial charge in [-0.05, 0) is 39.5 Å². The molecule has 1 saturated carbocycles. The molecule has 1 saturated heterocycles. The van der Waals surface area contributed by atoms with Crippen LogP contribution in [0.5, 0.6) is 0 Å². The number of carbonyl (C=O) groups excluding carboxylic acids is 1. The first-order valence-corrected chi connectivity index (χ1v) is 5.20. The van der Waals surface area contributed by atoms with E-state index in [1.54, 1.807) is 0 Å². The summed E-state index contributed by atoms with van der Waals surface area (Å²) in [6.45, 7) is 5.95. The van der Waals surface area contributed by atoms with E-state index >= 15 is 0 Å². The van der Waals surface area contributed by atoms with Gasteiger partial charge in [0.05, 0.1) is 0 Å². The summed E-state index contributed by atoms with van der Waals surface area (Å²) >= 11 is 0. The van der Waals surface area contributed by atoms with Crippen LogP contribution in [-0.4, -0.2) is 23.4 Å². The molecule has 1 amide bonds. The topological polar surface area (TPSA) is 53.5 Å². The van der Waals surface area contributed by atoms with Crippen molar-refractivity contribution in [3.8, 4) is 0 Å². The number of carbonyl (C=O) groups is 1. The van der Waals surface area contributed by atoms with E-state index in [1.807, 2.05) is 20.8 Å². The summed E-state index contributed by atoms with van der Waals surface area (Å²) in [6.07, 6.45) is 2.29. The Morgan fingerprint density at radius 1 is 1.50 bits per heavy atom. The second-order valence-electron chi connectivity index (χ2n) is 4.63. The molecular formula is C10H17N3O. The van der Waals surface area contributed by atoms with Gasteiger partial charge >= 0.3 is 0 Å². The zero-order valence-electron chi connectivity index (χ0n) is 8.92. The molecule has 2 rings (SSSR count). The van der Waals surface area contributed by atoms with Gasteiger partial charge in [-0.1, -0.05) is 0 Å². The fourth-order valence-corrected chi connectivity index (χ4v) is 1.84. The molecular weight excluding hydrogens is 178 g/mol. The van der Waals surface area contributed by atoms with E-state index in [4.69, 9.17) is 0 Å². The van der Waals surface area contributed by atoms with Crippen LogP contribution in [-0.2, 0) is 4.79 Å². The van der Waals surface area contributed by atoms with Crippen LogP contribution in [0, 0.1) is 5.92 Å². The molecule has 14 heavy (non-hydrogen) atoms. The van der Waals surface area contributed by atoms with Crippen molar-refractivity contribution in [3.05, 3.63) is 0 Å². The Hall–Kier alpha value is -1.06. The summed E-state index contributed by atoms with van der Waals surface area (Å²) in [7, 11) is 0. The molecule has 0 aromatic heterocycles. The lowest BCUT2D eigenvalue weighted by Crippen LogP contribution is -2.45. The summed E-state index contributed by atoms with van der Waals surface area (Å²) in [5, 5.41) is 6.00. The van der Waals surface area contributed by atoms with Crippen molar-refractivity contribution in [2.45, 2.75) is 45.2 Å². The first-order chi connectivity index (χ1) is 6.52. The summed E-state index contributed by atoms with van der Waals surface area (Å²) in [5.74, 6) is 1.20. The molecule has 78 valence electrons. The summed E-state index contributed by atoms with van der Waals surface area (Å²) < 4.78 is 0. The minimum absolute atomic E-state index is 0.0689. The molecule has 0 aromatic carbocycles. The van der Waals surface area contributed by atoms with Crippen molar-refractivity contribution in [1.29, 1.82) is 0 Å². The Balaban J connectivity index is 2.14. The quantitative estimate of drug-likeness (QED) is 0.679. The van der Waals surface area contributed by atoms with E-state index in [1.165, 1.54) is 0 Å². The fourth-order valence-electron chi connectivity index (χ4n) is 1.84. The number of amides is 1. The van der Waals surface area contributed by atoms with E-state index in [2.05, 4.69) is 15.6 Å². The number of nitrogens with zero attached hydrogens (tertiary/aromatic N) is 1. The van der Waals surface area contributed by atoms with Crippen molar-refractivity contribution in [1.82, 2.24) is 10.6 Å². The normalized spacial score (nSPS) is 34.9. The largest absolute Gasteiger partial charge is 0.342 e. The molecule has 2 aliphatic rings. The number of hydrogen-bond acceptors (Lipinski definition) is 2. The Kier molecular flexibility index (Phi) is 2.01. The first-order valence-electron chi connectivity index (χ1n) is 5.20. The maximum atomic E-state index is 11.7. The first kappa shape index (κ1) is 9.49. The van der Waals surface area contributed by atoms with Gasteiger partial charge in [0.25, 0.3) is 5.91 Å². The average molecular weight is 195 g/mol. The highest BCUT2D eigenvalue weighted by atomic mass is 16.2. The summed E-state index contributed by atoms with van der Waals surface area (Å²) in [5.41, 5.74) is -0.409. The van der Waals surface area contributed by atoms with Gasteiger partial charge in [0.2, 0.25) is 0 Å². The van der Waals surface area contributed by atoms with Crippen LogP contribution in [0.15, 0.2) is 4.99 Å². The number of rotatable bonds is 2. The Labute approximate surface area is 84.2 Å². The second kappa shape index (κ2) is 2.97. The van der Waals surface area contributed by atoms with Gasteiger partial charge in [0.15, 0.2) is 5.96 Å². The third-order valence-corrected chi connectivity index (χ3v) is 2.86. The van der Waals surface area contributed by atoms with Crippen molar-refractivity contribution in [2.75, 3.05) is 0 Å². The van der Waals surface area contributed by atoms with E-state index in [-0.39, 0.29) is 11.9 Å². The number of aliphatic imine (C=N–C) groups is 1. The van der Waals surface area contributed by atoms with Crippen LogP contribution in [0.3, 0.4) is 0 Å². The van der Waals surface area contributed by atoms with Crippen molar-refractivity contribution >= 4 is 11.9 Å². The molecule has 2 fully saturated rings. The zero-order valence-corrected chi connectivity index (χ0v) is 8.92. The minimum atomic E-state index is -0.409. The molecule has 1 heterocycles. The van der Waals surface area contributed by atoms with Gasteiger partial charge in [0, 0.05) is 6.04 Å². The molecule has 1 aliphatic carbocycles. The molecule has 1 atom stereocenters. The van der Waals surface area contributed by atoms with Crippen molar-refractivity contribution in [2.24, 2.45) is 10.9 Å². The Morgan fingerprint density at radius 3 is 2.64 bits per heavy atom. The van der Waals surface area contributed by atoms with Crippen LogP contribution in [0.2, 0.25) is 0 Å². The van der Waals surface area contributed by atoms with E-state index in [0.29, 0.717) is 11.9 Å². The van der Waals surface area contributed by atoms with E-state index in [9.17, 15) is 4.79 Å².